The SMILES string of the molecule is CC(C)(C)n1cc(C(N)CCO)cn1. The summed E-state index contributed by atoms with van der Waals surface area (Å²) in [7, 11) is 0. The van der Waals surface area contributed by atoms with Gasteiger partial charge in [-0.05, 0) is 27.2 Å². The van der Waals surface area contributed by atoms with E-state index in [1.165, 1.54) is 0 Å². The van der Waals surface area contributed by atoms with Crippen molar-refractivity contribution < 1.29 is 5.11 Å². The second kappa shape index (κ2) is 4.11. The Hall–Kier alpha value is -0.870. The van der Waals surface area contributed by atoms with Crippen LogP contribution in [0.3, 0.4) is 0 Å². The van der Waals surface area contributed by atoms with E-state index in [0.717, 1.165) is 5.56 Å². The topological polar surface area (TPSA) is 64.1 Å². The van der Waals surface area contributed by atoms with Crippen LogP contribution in [0.5, 0.6) is 0 Å². The maximum atomic E-state index is 8.76. The third-order valence-corrected chi connectivity index (χ3v) is 2.16. The van der Waals surface area contributed by atoms with E-state index in [2.05, 4.69) is 25.9 Å². The van der Waals surface area contributed by atoms with Gasteiger partial charge in [0.1, 0.15) is 0 Å². The van der Waals surface area contributed by atoms with E-state index in [0.29, 0.717) is 6.42 Å². The summed E-state index contributed by atoms with van der Waals surface area (Å²) >= 11 is 0. The van der Waals surface area contributed by atoms with Crippen molar-refractivity contribution in [3.63, 3.8) is 0 Å². The predicted octanol–water partition coefficient (Wildman–Crippen LogP) is 1.02. The lowest BCUT2D eigenvalue weighted by atomic mass is 10.1. The molecule has 0 aromatic carbocycles. The molecule has 0 bridgehead atoms. The van der Waals surface area contributed by atoms with Crippen LogP contribution in [0.2, 0.25) is 0 Å². The number of hydrogen-bond donors (Lipinski definition) is 2. The van der Waals surface area contributed by atoms with Gasteiger partial charge in [-0.2, -0.15) is 5.10 Å². The Morgan fingerprint density at radius 1 is 1.57 bits per heavy atom. The van der Waals surface area contributed by atoms with Crippen molar-refractivity contribution in [2.75, 3.05) is 6.61 Å². The molecule has 0 aliphatic carbocycles. The van der Waals surface area contributed by atoms with Crippen LogP contribution in [0, 0.1) is 0 Å². The van der Waals surface area contributed by atoms with Crippen molar-refractivity contribution in [3.8, 4) is 0 Å². The largest absolute Gasteiger partial charge is 0.396 e. The molecule has 0 saturated heterocycles. The Morgan fingerprint density at radius 2 is 2.21 bits per heavy atom. The highest BCUT2D eigenvalue weighted by molar-refractivity contribution is 5.10. The Morgan fingerprint density at radius 3 is 2.64 bits per heavy atom. The number of nitrogens with two attached hydrogens (primary N) is 1. The summed E-state index contributed by atoms with van der Waals surface area (Å²) in [6, 6.07) is -0.115. The fourth-order valence-corrected chi connectivity index (χ4v) is 1.20. The van der Waals surface area contributed by atoms with Crippen LogP contribution in [-0.2, 0) is 5.54 Å². The first-order chi connectivity index (χ1) is 6.45. The fraction of sp³-hybridized carbons (Fsp3) is 0.700. The Balaban J connectivity index is 2.78. The molecule has 0 aliphatic rings. The second-order valence-electron chi connectivity index (χ2n) is 4.51. The van der Waals surface area contributed by atoms with Gasteiger partial charge in [0.2, 0.25) is 0 Å². The van der Waals surface area contributed by atoms with Gasteiger partial charge < -0.3 is 10.8 Å². The third-order valence-electron chi connectivity index (χ3n) is 2.16. The highest BCUT2D eigenvalue weighted by Crippen LogP contribution is 2.17. The van der Waals surface area contributed by atoms with Gasteiger partial charge in [0, 0.05) is 24.4 Å². The fourth-order valence-electron chi connectivity index (χ4n) is 1.20. The summed E-state index contributed by atoms with van der Waals surface area (Å²) in [5.41, 5.74) is 6.81. The van der Waals surface area contributed by atoms with E-state index < -0.39 is 0 Å². The second-order valence-corrected chi connectivity index (χ2v) is 4.51. The normalized spacial score (nSPS) is 14.4. The Labute approximate surface area is 84.7 Å². The summed E-state index contributed by atoms with van der Waals surface area (Å²) in [5.74, 6) is 0. The molecule has 0 saturated carbocycles. The molecular weight excluding hydrogens is 178 g/mol. The zero-order valence-electron chi connectivity index (χ0n) is 9.07. The van der Waals surface area contributed by atoms with Gasteiger partial charge in [0.15, 0.2) is 0 Å². The van der Waals surface area contributed by atoms with E-state index in [1.807, 2.05) is 10.9 Å². The molecule has 1 heterocycles. The van der Waals surface area contributed by atoms with E-state index >= 15 is 0 Å². The van der Waals surface area contributed by atoms with Crippen LogP contribution in [-0.4, -0.2) is 21.5 Å². The molecule has 1 unspecified atom stereocenters. The maximum Gasteiger partial charge on any atom is 0.0543 e. The maximum absolute atomic E-state index is 8.76. The quantitative estimate of drug-likeness (QED) is 0.760. The van der Waals surface area contributed by atoms with Crippen LogP contribution < -0.4 is 5.73 Å². The first kappa shape index (κ1) is 11.2. The zero-order chi connectivity index (χ0) is 10.8. The highest BCUT2D eigenvalue weighted by Gasteiger charge is 2.15. The molecule has 0 aliphatic heterocycles. The molecule has 1 aromatic rings. The summed E-state index contributed by atoms with van der Waals surface area (Å²) in [6.45, 7) is 6.37. The minimum absolute atomic E-state index is 0.0167. The molecule has 14 heavy (non-hydrogen) atoms. The third kappa shape index (κ3) is 2.56. The van der Waals surface area contributed by atoms with E-state index in [9.17, 15) is 0 Å². The molecule has 0 spiro atoms. The molecule has 0 amide bonds. The molecule has 3 N–H and O–H groups in total. The van der Waals surface area contributed by atoms with Crippen LogP contribution in [0.4, 0.5) is 0 Å². The van der Waals surface area contributed by atoms with Crippen molar-refractivity contribution >= 4 is 0 Å². The van der Waals surface area contributed by atoms with Crippen LogP contribution in [0.1, 0.15) is 38.8 Å². The monoisotopic (exact) mass is 197 g/mol. The molecule has 1 rings (SSSR count). The average Bonchev–Trinajstić information content (AvgIpc) is 2.51. The highest BCUT2D eigenvalue weighted by atomic mass is 16.3. The number of nitrogens with zero attached hydrogens (tertiary/aromatic N) is 2. The lowest BCUT2D eigenvalue weighted by Crippen LogP contribution is -2.22. The van der Waals surface area contributed by atoms with Gasteiger partial charge in [0.05, 0.1) is 11.7 Å². The van der Waals surface area contributed by atoms with Gasteiger partial charge in [0.25, 0.3) is 0 Å². The summed E-state index contributed by atoms with van der Waals surface area (Å²) in [6.07, 6.45) is 4.29. The first-order valence-corrected chi connectivity index (χ1v) is 4.86. The number of aliphatic hydroxyl groups excluding tert-OH is 1. The van der Waals surface area contributed by atoms with Gasteiger partial charge in [-0.25, -0.2) is 0 Å². The van der Waals surface area contributed by atoms with Crippen molar-refractivity contribution in [1.82, 2.24) is 9.78 Å². The van der Waals surface area contributed by atoms with Crippen molar-refractivity contribution in [1.29, 1.82) is 0 Å². The molecule has 4 heteroatoms. The number of aromatic nitrogens is 2. The average molecular weight is 197 g/mol. The van der Waals surface area contributed by atoms with E-state index in [-0.39, 0.29) is 18.2 Å². The van der Waals surface area contributed by atoms with E-state index in [1.54, 1.807) is 6.20 Å². The minimum Gasteiger partial charge on any atom is -0.396 e. The van der Waals surface area contributed by atoms with Crippen LogP contribution in [0.15, 0.2) is 12.4 Å². The van der Waals surface area contributed by atoms with E-state index in [4.69, 9.17) is 10.8 Å². The van der Waals surface area contributed by atoms with Gasteiger partial charge in [-0.15, -0.1) is 0 Å². The summed E-state index contributed by atoms with van der Waals surface area (Å²) in [4.78, 5) is 0. The smallest absolute Gasteiger partial charge is 0.0543 e. The van der Waals surface area contributed by atoms with Crippen LogP contribution >= 0.6 is 0 Å². The molecular formula is C10H19N3O. The standard InChI is InChI=1S/C10H19N3O/c1-10(2,3)13-7-8(6-12-13)9(11)4-5-14/h6-7,9,14H,4-5,11H2,1-3H3. The predicted molar refractivity (Wildman–Crippen MR) is 55.9 cm³/mol. The molecule has 80 valence electrons. The minimum atomic E-state index is -0.115. The molecule has 1 atom stereocenters. The molecule has 1 aromatic heterocycles. The zero-order valence-corrected chi connectivity index (χ0v) is 9.07. The number of aliphatic hydroxyl groups is 1. The van der Waals surface area contributed by atoms with Crippen molar-refractivity contribution in [2.24, 2.45) is 5.73 Å². The lowest BCUT2D eigenvalue weighted by molar-refractivity contribution is 0.276. The van der Waals surface area contributed by atoms with Crippen molar-refractivity contribution in [2.45, 2.75) is 38.8 Å². The van der Waals surface area contributed by atoms with Gasteiger partial charge in [-0.1, -0.05) is 0 Å². The van der Waals surface area contributed by atoms with Gasteiger partial charge in [-0.3, -0.25) is 4.68 Å². The summed E-state index contributed by atoms with van der Waals surface area (Å²) in [5, 5.41) is 13.0. The van der Waals surface area contributed by atoms with Crippen LogP contribution in [0.25, 0.3) is 0 Å². The molecule has 4 nitrogen and oxygen atoms in total. The summed E-state index contributed by atoms with van der Waals surface area (Å²) < 4.78 is 1.89. The Kier molecular flexibility index (Phi) is 3.29. The van der Waals surface area contributed by atoms with Crippen molar-refractivity contribution in [3.05, 3.63) is 18.0 Å². The number of hydrogen-bond acceptors (Lipinski definition) is 3. The number of rotatable bonds is 3. The van der Waals surface area contributed by atoms with Gasteiger partial charge >= 0.3 is 0 Å². The Bertz CT molecular complexity index is 288. The first-order valence-electron chi connectivity index (χ1n) is 4.86. The molecule has 0 radical (unpaired) electrons. The lowest BCUT2D eigenvalue weighted by Gasteiger charge is -2.19. The molecule has 0 fully saturated rings.